The van der Waals surface area contributed by atoms with E-state index in [1.165, 1.54) is 13.8 Å². The summed E-state index contributed by atoms with van der Waals surface area (Å²) in [7, 11) is 0. The van der Waals surface area contributed by atoms with E-state index in [-0.39, 0.29) is 5.69 Å². The maximum atomic E-state index is 12.3. The van der Waals surface area contributed by atoms with Crippen LogP contribution in [-0.2, 0) is 15.8 Å². The monoisotopic (exact) mass is 272 g/mol. The van der Waals surface area contributed by atoms with Crippen LogP contribution < -0.4 is 0 Å². The highest BCUT2D eigenvalue weighted by Crippen LogP contribution is 2.30. The first-order valence-electron chi connectivity index (χ1n) is 5.31. The lowest BCUT2D eigenvalue weighted by Crippen LogP contribution is -2.23. The molecule has 0 radical (unpaired) electrons. The van der Waals surface area contributed by atoms with Gasteiger partial charge in [0.15, 0.2) is 17.6 Å². The lowest BCUT2D eigenvalue weighted by molar-refractivity contribution is -0.137. The smallest absolute Gasteiger partial charge is 0.297 e. The number of hydrogen-bond donors (Lipinski definition) is 0. The molecule has 0 aliphatic heterocycles. The first kappa shape index (κ1) is 15.0. The standard InChI is InChI=1S/C12H11F3N2O2/c1-7(18)11(8(2)19)17-16-10-5-3-9(4-6-10)12(13,14)15/h3-6,11H,1-2H3. The first-order valence-corrected chi connectivity index (χ1v) is 5.31. The van der Waals surface area contributed by atoms with Crippen molar-refractivity contribution in [1.29, 1.82) is 0 Å². The van der Waals surface area contributed by atoms with Gasteiger partial charge < -0.3 is 0 Å². The van der Waals surface area contributed by atoms with E-state index in [4.69, 9.17) is 0 Å². The summed E-state index contributed by atoms with van der Waals surface area (Å²) in [5, 5.41) is 7.12. The van der Waals surface area contributed by atoms with Crippen molar-refractivity contribution in [2.45, 2.75) is 26.1 Å². The van der Waals surface area contributed by atoms with Crippen molar-refractivity contribution in [3.63, 3.8) is 0 Å². The number of rotatable bonds is 4. The number of alkyl halides is 3. The maximum absolute atomic E-state index is 12.3. The van der Waals surface area contributed by atoms with Gasteiger partial charge >= 0.3 is 6.18 Å². The second-order valence-corrected chi connectivity index (χ2v) is 3.88. The van der Waals surface area contributed by atoms with Crippen molar-refractivity contribution in [1.82, 2.24) is 0 Å². The van der Waals surface area contributed by atoms with Crippen molar-refractivity contribution in [3.8, 4) is 0 Å². The van der Waals surface area contributed by atoms with Crippen molar-refractivity contribution >= 4 is 17.3 Å². The maximum Gasteiger partial charge on any atom is 0.416 e. The van der Waals surface area contributed by atoms with Crippen molar-refractivity contribution in [3.05, 3.63) is 29.8 Å². The highest BCUT2D eigenvalue weighted by Gasteiger charge is 2.29. The van der Waals surface area contributed by atoms with Gasteiger partial charge in [-0.1, -0.05) is 0 Å². The van der Waals surface area contributed by atoms with Gasteiger partial charge in [0.25, 0.3) is 0 Å². The molecule has 102 valence electrons. The Hall–Kier alpha value is -2.05. The third-order valence-corrected chi connectivity index (χ3v) is 2.25. The van der Waals surface area contributed by atoms with Crippen LogP contribution in [0.5, 0.6) is 0 Å². The van der Waals surface area contributed by atoms with Crippen molar-refractivity contribution in [2.24, 2.45) is 10.2 Å². The zero-order valence-corrected chi connectivity index (χ0v) is 10.2. The van der Waals surface area contributed by atoms with Gasteiger partial charge in [0, 0.05) is 0 Å². The summed E-state index contributed by atoms with van der Waals surface area (Å²) in [4.78, 5) is 22.1. The minimum atomic E-state index is -4.42. The highest BCUT2D eigenvalue weighted by molar-refractivity contribution is 6.04. The molecule has 0 saturated heterocycles. The summed E-state index contributed by atoms with van der Waals surface area (Å²) in [5.41, 5.74) is -0.665. The predicted octanol–water partition coefficient (Wildman–Crippen LogP) is 3.34. The minimum absolute atomic E-state index is 0.139. The fraction of sp³-hybridized carbons (Fsp3) is 0.333. The van der Waals surface area contributed by atoms with E-state index < -0.39 is 29.3 Å². The lowest BCUT2D eigenvalue weighted by Gasteiger charge is -2.06. The molecule has 0 bridgehead atoms. The number of hydrogen-bond acceptors (Lipinski definition) is 4. The molecule has 7 heteroatoms. The Morgan fingerprint density at radius 2 is 1.53 bits per heavy atom. The van der Waals surface area contributed by atoms with Crippen LogP contribution in [0.3, 0.4) is 0 Å². The average molecular weight is 272 g/mol. The van der Waals surface area contributed by atoms with Crippen LogP contribution in [0.1, 0.15) is 19.4 Å². The van der Waals surface area contributed by atoms with E-state index >= 15 is 0 Å². The minimum Gasteiger partial charge on any atom is -0.297 e. The number of Topliss-reactive ketones (excluding diaryl/α,β-unsaturated/α-hetero) is 2. The number of ketones is 2. The second-order valence-electron chi connectivity index (χ2n) is 3.88. The van der Waals surface area contributed by atoms with E-state index in [0.717, 1.165) is 24.3 Å². The predicted molar refractivity (Wildman–Crippen MR) is 61.1 cm³/mol. The van der Waals surface area contributed by atoms with Gasteiger partial charge in [-0.3, -0.25) is 9.59 Å². The Morgan fingerprint density at radius 3 is 1.89 bits per heavy atom. The molecule has 0 atom stereocenters. The van der Waals surface area contributed by atoms with Crippen LogP contribution in [-0.4, -0.2) is 17.6 Å². The van der Waals surface area contributed by atoms with E-state index in [2.05, 4.69) is 10.2 Å². The van der Waals surface area contributed by atoms with Crippen LogP contribution in [0.2, 0.25) is 0 Å². The van der Waals surface area contributed by atoms with Crippen LogP contribution in [0.15, 0.2) is 34.5 Å². The molecule has 0 amide bonds. The Morgan fingerprint density at radius 1 is 1.05 bits per heavy atom. The summed E-state index contributed by atoms with van der Waals surface area (Å²) in [6.45, 7) is 2.38. The topological polar surface area (TPSA) is 58.9 Å². The molecular formula is C12H11F3N2O2. The highest BCUT2D eigenvalue weighted by atomic mass is 19.4. The fourth-order valence-corrected chi connectivity index (χ4v) is 1.29. The molecule has 1 aromatic rings. The summed E-state index contributed by atoms with van der Waals surface area (Å²) in [6, 6.07) is 2.73. The molecule has 0 heterocycles. The molecule has 0 N–H and O–H groups in total. The summed E-state index contributed by atoms with van der Waals surface area (Å²) in [5.74, 6) is -0.939. The summed E-state index contributed by atoms with van der Waals surface area (Å²) < 4.78 is 36.9. The zero-order chi connectivity index (χ0) is 14.6. The second kappa shape index (κ2) is 5.73. The van der Waals surface area contributed by atoms with Gasteiger partial charge in [0.1, 0.15) is 0 Å². The van der Waals surface area contributed by atoms with Gasteiger partial charge in [0.05, 0.1) is 11.3 Å². The van der Waals surface area contributed by atoms with Crippen molar-refractivity contribution in [2.75, 3.05) is 0 Å². The number of halogens is 3. The molecule has 0 saturated carbocycles. The van der Waals surface area contributed by atoms with E-state index in [1.54, 1.807) is 0 Å². The zero-order valence-electron chi connectivity index (χ0n) is 10.2. The summed E-state index contributed by atoms with van der Waals surface area (Å²) in [6.07, 6.45) is -4.42. The largest absolute Gasteiger partial charge is 0.416 e. The number of carbonyl (C=O) groups excluding carboxylic acids is 2. The molecule has 0 aliphatic rings. The Bertz CT molecular complexity index is 493. The van der Waals surface area contributed by atoms with Gasteiger partial charge in [-0.15, -0.1) is 0 Å². The molecule has 1 rings (SSSR count). The molecule has 0 unspecified atom stereocenters. The van der Waals surface area contributed by atoms with Gasteiger partial charge in [0.2, 0.25) is 0 Å². The Kier molecular flexibility index (Phi) is 4.52. The van der Waals surface area contributed by atoms with Crippen LogP contribution in [0.4, 0.5) is 18.9 Å². The number of benzene rings is 1. The molecule has 19 heavy (non-hydrogen) atoms. The third-order valence-electron chi connectivity index (χ3n) is 2.25. The number of carbonyl (C=O) groups is 2. The number of nitrogens with zero attached hydrogens (tertiary/aromatic N) is 2. The molecule has 1 aromatic carbocycles. The van der Waals surface area contributed by atoms with Crippen LogP contribution >= 0.6 is 0 Å². The molecule has 0 fully saturated rings. The molecule has 0 aliphatic carbocycles. The van der Waals surface area contributed by atoms with Gasteiger partial charge in [-0.2, -0.15) is 23.4 Å². The SMILES string of the molecule is CC(=O)C(N=Nc1ccc(C(F)(F)F)cc1)C(C)=O. The third kappa shape index (κ3) is 4.27. The van der Waals surface area contributed by atoms with Gasteiger partial charge in [-0.05, 0) is 38.1 Å². The molecule has 0 spiro atoms. The van der Waals surface area contributed by atoms with Crippen molar-refractivity contribution < 1.29 is 22.8 Å². The molecule has 4 nitrogen and oxygen atoms in total. The average Bonchev–Trinajstić information content (AvgIpc) is 2.27. The first-order chi connectivity index (χ1) is 8.71. The Labute approximate surface area is 107 Å². The number of azo groups is 1. The van der Waals surface area contributed by atoms with E-state index in [9.17, 15) is 22.8 Å². The van der Waals surface area contributed by atoms with Crippen LogP contribution in [0, 0.1) is 0 Å². The molecular weight excluding hydrogens is 261 g/mol. The van der Waals surface area contributed by atoms with Crippen LogP contribution in [0.25, 0.3) is 0 Å². The lowest BCUT2D eigenvalue weighted by atomic mass is 10.1. The Balaban J connectivity index is 2.89. The molecule has 0 aromatic heterocycles. The normalized spacial score (nSPS) is 12.1. The summed E-state index contributed by atoms with van der Waals surface area (Å²) >= 11 is 0. The van der Waals surface area contributed by atoms with Gasteiger partial charge in [-0.25, -0.2) is 0 Å². The fourth-order valence-electron chi connectivity index (χ4n) is 1.29. The van der Waals surface area contributed by atoms with E-state index in [0.29, 0.717) is 0 Å². The quantitative estimate of drug-likeness (QED) is 0.623. The van der Waals surface area contributed by atoms with E-state index in [1.807, 2.05) is 0 Å².